The number of hydrogen-bond acceptors (Lipinski definition) is 6. The Labute approximate surface area is 208 Å². The number of nitrogens with zero attached hydrogens (tertiary/aromatic N) is 6. The number of rotatable bonds is 9. The average molecular weight is 557 g/mol. The van der Waals surface area contributed by atoms with Crippen molar-refractivity contribution in [3.63, 3.8) is 0 Å². The maximum absolute atomic E-state index is 5.46. The molecule has 1 aliphatic heterocycles. The minimum absolute atomic E-state index is 0. The van der Waals surface area contributed by atoms with Crippen LogP contribution in [-0.4, -0.2) is 78.7 Å². The third-order valence-corrected chi connectivity index (χ3v) is 5.52. The summed E-state index contributed by atoms with van der Waals surface area (Å²) in [4.78, 5) is 9.58. The highest BCUT2D eigenvalue weighted by molar-refractivity contribution is 14.0. The average Bonchev–Trinajstić information content (AvgIpc) is 3.13. The zero-order valence-electron chi connectivity index (χ0n) is 19.6. The highest BCUT2D eigenvalue weighted by Gasteiger charge is 2.20. The molecule has 32 heavy (non-hydrogen) atoms. The van der Waals surface area contributed by atoms with Gasteiger partial charge < -0.3 is 29.2 Å². The van der Waals surface area contributed by atoms with Gasteiger partial charge in [-0.3, -0.25) is 0 Å². The maximum Gasteiger partial charge on any atom is 0.194 e. The number of aromatic nitrogens is 3. The standard InChI is InChI=1S/C22H35N7O2.HI/c1-5-31-16-6-11-23-22(24-17-21-26-25-18(2)27(21)3)29-14-12-28(13-15-29)19-7-9-20(30-4)10-8-19;/h7-10H,5-6,11-17H2,1-4H3,(H,23,24);1H. The van der Waals surface area contributed by atoms with E-state index in [1.54, 1.807) is 7.11 Å². The second kappa shape index (κ2) is 13.5. The number of piperazine rings is 1. The molecule has 1 saturated heterocycles. The SMILES string of the molecule is CCOCCCNC(=NCc1nnc(C)n1C)N1CCN(c2ccc(OC)cc2)CC1.I. The van der Waals surface area contributed by atoms with Crippen molar-refractivity contribution in [1.82, 2.24) is 25.0 Å². The second-order valence-corrected chi connectivity index (χ2v) is 7.51. The molecule has 3 rings (SSSR count). The lowest BCUT2D eigenvalue weighted by atomic mass is 10.2. The number of nitrogens with one attached hydrogen (secondary N) is 1. The van der Waals surface area contributed by atoms with Crippen LogP contribution >= 0.6 is 24.0 Å². The van der Waals surface area contributed by atoms with Crippen LogP contribution in [-0.2, 0) is 18.3 Å². The van der Waals surface area contributed by atoms with Crippen molar-refractivity contribution in [1.29, 1.82) is 0 Å². The molecule has 178 valence electrons. The molecule has 0 atom stereocenters. The van der Waals surface area contributed by atoms with Crippen molar-refractivity contribution in [3.05, 3.63) is 35.9 Å². The zero-order valence-corrected chi connectivity index (χ0v) is 21.9. The summed E-state index contributed by atoms with van der Waals surface area (Å²) >= 11 is 0. The fourth-order valence-corrected chi connectivity index (χ4v) is 3.49. The molecule has 9 nitrogen and oxygen atoms in total. The number of guanidine groups is 1. The Morgan fingerprint density at radius 3 is 2.44 bits per heavy atom. The molecule has 10 heteroatoms. The molecular weight excluding hydrogens is 521 g/mol. The summed E-state index contributed by atoms with van der Waals surface area (Å²) in [6.07, 6.45) is 0.946. The molecule has 0 radical (unpaired) electrons. The van der Waals surface area contributed by atoms with Gasteiger partial charge in [-0.15, -0.1) is 34.2 Å². The first-order valence-electron chi connectivity index (χ1n) is 11.0. The van der Waals surface area contributed by atoms with Crippen molar-refractivity contribution in [2.75, 3.05) is 57.9 Å². The molecule has 1 aliphatic rings. The van der Waals surface area contributed by atoms with Gasteiger partial charge in [-0.1, -0.05) is 0 Å². The molecule has 2 aromatic rings. The van der Waals surface area contributed by atoms with E-state index < -0.39 is 0 Å². The minimum Gasteiger partial charge on any atom is -0.497 e. The lowest BCUT2D eigenvalue weighted by Crippen LogP contribution is -2.52. The fraction of sp³-hybridized carbons (Fsp3) is 0.591. The predicted octanol–water partition coefficient (Wildman–Crippen LogP) is 2.44. The molecule has 1 fully saturated rings. The molecule has 1 N–H and O–H groups in total. The van der Waals surface area contributed by atoms with Gasteiger partial charge in [0, 0.05) is 58.7 Å². The first-order valence-corrected chi connectivity index (χ1v) is 11.0. The normalized spacial score (nSPS) is 14.3. The monoisotopic (exact) mass is 557 g/mol. The highest BCUT2D eigenvalue weighted by atomic mass is 127. The topological polar surface area (TPSA) is 80.0 Å². The van der Waals surface area contributed by atoms with Crippen LogP contribution in [0.2, 0.25) is 0 Å². The Morgan fingerprint density at radius 1 is 1.12 bits per heavy atom. The van der Waals surface area contributed by atoms with E-state index in [0.717, 1.165) is 75.7 Å². The number of ether oxygens (including phenoxy) is 2. The van der Waals surface area contributed by atoms with Crippen LogP contribution < -0.4 is 15.0 Å². The van der Waals surface area contributed by atoms with Crippen molar-refractivity contribution in [2.24, 2.45) is 12.0 Å². The Balaban J connectivity index is 0.00000363. The lowest BCUT2D eigenvalue weighted by Gasteiger charge is -2.37. The molecular formula is C22H36IN7O2. The first-order chi connectivity index (χ1) is 15.1. The molecule has 0 spiro atoms. The maximum atomic E-state index is 5.46. The zero-order chi connectivity index (χ0) is 22.1. The van der Waals surface area contributed by atoms with Crippen LogP contribution in [0.3, 0.4) is 0 Å². The Kier molecular flexibility index (Phi) is 11.0. The van der Waals surface area contributed by atoms with Crippen LogP contribution in [0.25, 0.3) is 0 Å². The summed E-state index contributed by atoms with van der Waals surface area (Å²) in [6, 6.07) is 8.26. The quantitative estimate of drug-likeness (QED) is 0.220. The Bertz CT molecular complexity index is 833. The van der Waals surface area contributed by atoms with Crippen molar-refractivity contribution < 1.29 is 9.47 Å². The van der Waals surface area contributed by atoms with Gasteiger partial charge in [-0.2, -0.15) is 0 Å². The number of anilines is 1. The van der Waals surface area contributed by atoms with E-state index in [2.05, 4.69) is 37.4 Å². The Morgan fingerprint density at radius 2 is 1.84 bits per heavy atom. The van der Waals surface area contributed by atoms with Crippen molar-refractivity contribution in [2.45, 2.75) is 26.8 Å². The molecule has 2 heterocycles. The van der Waals surface area contributed by atoms with Crippen LogP contribution in [0, 0.1) is 6.92 Å². The van der Waals surface area contributed by atoms with Gasteiger partial charge in [0.25, 0.3) is 0 Å². The third-order valence-electron chi connectivity index (χ3n) is 5.52. The van der Waals surface area contributed by atoms with Gasteiger partial charge in [-0.25, -0.2) is 4.99 Å². The molecule has 0 amide bonds. The van der Waals surface area contributed by atoms with E-state index in [9.17, 15) is 0 Å². The molecule has 0 bridgehead atoms. The van der Waals surface area contributed by atoms with Crippen LogP contribution in [0.1, 0.15) is 25.0 Å². The second-order valence-electron chi connectivity index (χ2n) is 7.51. The number of aryl methyl sites for hydroxylation is 1. The summed E-state index contributed by atoms with van der Waals surface area (Å²) in [5, 5.41) is 11.9. The smallest absolute Gasteiger partial charge is 0.194 e. The fourth-order valence-electron chi connectivity index (χ4n) is 3.49. The lowest BCUT2D eigenvalue weighted by molar-refractivity contribution is 0.145. The summed E-state index contributed by atoms with van der Waals surface area (Å²) in [7, 11) is 3.67. The van der Waals surface area contributed by atoms with Crippen LogP contribution in [0.5, 0.6) is 5.75 Å². The molecule has 0 saturated carbocycles. The number of benzene rings is 1. The van der Waals surface area contributed by atoms with E-state index in [0.29, 0.717) is 6.54 Å². The van der Waals surface area contributed by atoms with Crippen molar-refractivity contribution >= 4 is 35.6 Å². The van der Waals surface area contributed by atoms with Gasteiger partial charge in [0.2, 0.25) is 0 Å². The molecule has 1 aromatic carbocycles. The largest absolute Gasteiger partial charge is 0.497 e. The molecule has 0 unspecified atom stereocenters. The highest BCUT2D eigenvalue weighted by Crippen LogP contribution is 2.20. The number of aliphatic imine (C=N–C) groups is 1. The van der Waals surface area contributed by atoms with Gasteiger partial charge in [0.15, 0.2) is 11.8 Å². The predicted molar refractivity (Wildman–Crippen MR) is 138 cm³/mol. The van der Waals surface area contributed by atoms with E-state index in [-0.39, 0.29) is 24.0 Å². The molecule has 0 aliphatic carbocycles. The number of halogens is 1. The number of methoxy groups -OCH3 is 1. The van der Waals surface area contributed by atoms with Gasteiger partial charge >= 0.3 is 0 Å². The van der Waals surface area contributed by atoms with E-state index in [1.165, 1.54) is 5.69 Å². The molecule has 1 aromatic heterocycles. The van der Waals surface area contributed by atoms with Crippen LogP contribution in [0.4, 0.5) is 5.69 Å². The van der Waals surface area contributed by atoms with Gasteiger partial charge in [0.05, 0.1) is 7.11 Å². The van der Waals surface area contributed by atoms with Gasteiger partial charge in [0.1, 0.15) is 18.1 Å². The summed E-state index contributed by atoms with van der Waals surface area (Å²) in [6.45, 7) is 10.5. The summed E-state index contributed by atoms with van der Waals surface area (Å²) in [5.41, 5.74) is 1.22. The van der Waals surface area contributed by atoms with Crippen LogP contribution in [0.15, 0.2) is 29.3 Å². The van der Waals surface area contributed by atoms with E-state index >= 15 is 0 Å². The van der Waals surface area contributed by atoms with Crippen molar-refractivity contribution in [3.8, 4) is 5.75 Å². The van der Waals surface area contributed by atoms with E-state index in [4.69, 9.17) is 14.5 Å². The summed E-state index contributed by atoms with van der Waals surface area (Å²) < 4.78 is 12.7. The number of hydrogen-bond donors (Lipinski definition) is 1. The van der Waals surface area contributed by atoms with Gasteiger partial charge in [-0.05, 0) is 44.5 Å². The third kappa shape index (κ3) is 7.22. The Hall–Kier alpha value is -2.08. The van der Waals surface area contributed by atoms with E-state index in [1.807, 2.05) is 37.6 Å². The first kappa shape index (κ1) is 26.2. The minimum atomic E-state index is 0. The summed E-state index contributed by atoms with van der Waals surface area (Å²) in [5.74, 6) is 3.56.